The molecule has 1 amide bonds. The lowest BCUT2D eigenvalue weighted by Gasteiger charge is -2.37. The van der Waals surface area contributed by atoms with E-state index in [2.05, 4.69) is 10.3 Å². The van der Waals surface area contributed by atoms with Crippen molar-refractivity contribution < 1.29 is 18.7 Å². The van der Waals surface area contributed by atoms with Gasteiger partial charge in [-0.2, -0.15) is 0 Å². The van der Waals surface area contributed by atoms with Gasteiger partial charge in [0, 0.05) is 46.0 Å². The molecule has 2 aromatic carbocycles. The number of rotatable bonds is 8. The van der Waals surface area contributed by atoms with Crippen LogP contribution in [-0.4, -0.2) is 49.1 Å². The lowest BCUT2D eigenvalue weighted by atomic mass is 9.89. The van der Waals surface area contributed by atoms with Crippen molar-refractivity contribution >= 4 is 38.9 Å². The van der Waals surface area contributed by atoms with Gasteiger partial charge in [-0.1, -0.05) is 23.7 Å². The Labute approximate surface area is 236 Å². The van der Waals surface area contributed by atoms with Crippen LogP contribution < -0.4 is 14.8 Å². The molecule has 0 radical (unpaired) electrons. The van der Waals surface area contributed by atoms with Crippen molar-refractivity contribution in [3.63, 3.8) is 0 Å². The highest BCUT2D eigenvalue weighted by atomic mass is 35.5. The summed E-state index contributed by atoms with van der Waals surface area (Å²) in [6.07, 6.45) is 5.32. The van der Waals surface area contributed by atoms with Crippen LogP contribution in [-0.2, 0) is 6.54 Å². The molecular formula is C30H31ClFN3O3S. The summed E-state index contributed by atoms with van der Waals surface area (Å²) >= 11 is 7.89. The fraction of sp³-hybridized carbons (Fsp3) is 0.333. The average molecular weight is 568 g/mol. The van der Waals surface area contributed by atoms with Crippen LogP contribution >= 0.6 is 22.9 Å². The minimum Gasteiger partial charge on any atom is -0.496 e. The number of carbonyl (C=O) groups excluding carboxylic acids is 1. The van der Waals surface area contributed by atoms with Crippen LogP contribution in [0.5, 0.6) is 11.6 Å². The highest BCUT2D eigenvalue weighted by Gasteiger charge is 2.32. The molecule has 2 heterocycles. The van der Waals surface area contributed by atoms with Crippen molar-refractivity contribution in [2.45, 2.75) is 44.3 Å². The third-order valence-corrected chi connectivity index (χ3v) is 9.14. The molecule has 0 saturated heterocycles. The van der Waals surface area contributed by atoms with Gasteiger partial charge < -0.3 is 19.7 Å². The number of fused-ring (bicyclic) bond motifs is 1. The zero-order chi connectivity index (χ0) is 27.5. The van der Waals surface area contributed by atoms with Crippen LogP contribution in [0.4, 0.5) is 4.39 Å². The standard InChI is InChI=1S/C30H31ClFN3O3S/c1-33-20-10-12-21(13-11-20)35(30(36)28-27(31)26-23(32)7-4-8-25(26)39-28)17-19-16-18(9-14-24(19)37-2)22-6-5-15-34-29(22)38-3/h4-9,14-16,20-21,33H,10-13,17H2,1-3H3. The minimum atomic E-state index is -0.423. The number of methoxy groups -OCH3 is 2. The van der Waals surface area contributed by atoms with Crippen molar-refractivity contribution in [2.24, 2.45) is 0 Å². The molecule has 5 rings (SSSR count). The molecule has 1 aliphatic rings. The predicted octanol–water partition coefficient (Wildman–Crippen LogP) is 6.95. The molecule has 1 fully saturated rings. The average Bonchev–Trinajstić information content (AvgIpc) is 3.32. The fourth-order valence-corrected chi connectivity index (χ4v) is 6.92. The number of ether oxygens (including phenoxy) is 2. The number of aromatic nitrogens is 1. The summed E-state index contributed by atoms with van der Waals surface area (Å²) < 4.78 is 26.5. The van der Waals surface area contributed by atoms with E-state index in [1.54, 1.807) is 32.5 Å². The number of amides is 1. The molecular weight excluding hydrogens is 537 g/mol. The summed E-state index contributed by atoms with van der Waals surface area (Å²) in [6.45, 7) is 0.320. The van der Waals surface area contributed by atoms with E-state index in [1.165, 1.54) is 17.4 Å². The Bertz CT molecular complexity index is 1490. The molecule has 0 unspecified atom stereocenters. The molecule has 1 aliphatic carbocycles. The first-order chi connectivity index (χ1) is 18.9. The summed E-state index contributed by atoms with van der Waals surface area (Å²) in [7, 11) is 5.19. The number of benzene rings is 2. The summed E-state index contributed by atoms with van der Waals surface area (Å²) in [4.78, 5) is 20.8. The van der Waals surface area contributed by atoms with E-state index < -0.39 is 5.82 Å². The molecule has 0 atom stereocenters. The number of nitrogens with one attached hydrogen (secondary N) is 1. The maximum Gasteiger partial charge on any atom is 0.266 e. The van der Waals surface area contributed by atoms with Crippen molar-refractivity contribution in [3.8, 4) is 22.8 Å². The minimum absolute atomic E-state index is 0.00881. The van der Waals surface area contributed by atoms with Gasteiger partial charge >= 0.3 is 0 Å². The topological polar surface area (TPSA) is 63.7 Å². The number of pyridine rings is 1. The molecule has 1 N–H and O–H groups in total. The quantitative estimate of drug-likeness (QED) is 0.250. The Hall–Kier alpha value is -3.20. The van der Waals surface area contributed by atoms with E-state index >= 15 is 0 Å². The first kappa shape index (κ1) is 27.4. The number of nitrogens with zero attached hydrogens (tertiary/aromatic N) is 2. The Morgan fingerprint density at radius 3 is 2.62 bits per heavy atom. The SMILES string of the molecule is CNC1CCC(N(Cc2cc(-c3cccnc3OC)ccc2OC)C(=O)c2sc3cccc(F)c3c2Cl)CC1. The summed E-state index contributed by atoms with van der Waals surface area (Å²) in [5, 5.41) is 3.83. The van der Waals surface area contributed by atoms with Crippen LogP contribution in [0, 0.1) is 5.82 Å². The lowest BCUT2D eigenvalue weighted by molar-refractivity contribution is 0.0604. The first-order valence-electron chi connectivity index (χ1n) is 13.0. The largest absolute Gasteiger partial charge is 0.496 e. The van der Waals surface area contributed by atoms with Gasteiger partial charge in [0.05, 0.1) is 19.2 Å². The summed E-state index contributed by atoms with van der Waals surface area (Å²) in [6, 6.07) is 14.9. The van der Waals surface area contributed by atoms with E-state index in [-0.39, 0.29) is 17.0 Å². The third-order valence-electron chi connectivity index (χ3n) is 7.50. The van der Waals surface area contributed by atoms with Crippen molar-refractivity contribution in [1.29, 1.82) is 0 Å². The molecule has 0 spiro atoms. The Morgan fingerprint density at radius 1 is 1.13 bits per heavy atom. The Balaban J connectivity index is 1.56. The summed E-state index contributed by atoms with van der Waals surface area (Å²) in [5.74, 6) is 0.580. The Morgan fingerprint density at radius 2 is 1.92 bits per heavy atom. The van der Waals surface area contributed by atoms with Crippen LogP contribution in [0.15, 0.2) is 54.7 Å². The van der Waals surface area contributed by atoms with Crippen molar-refractivity contribution in [2.75, 3.05) is 21.3 Å². The van der Waals surface area contributed by atoms with Gasteiger partial charge in [0.1, 0.15) is 16.4 Å². The van der Waals surface area contributed by atoms with Crippen LogP contribution in [0.3, 0.4) is 0 Å². The molecule has 0 bridgehead atoms. The molecule has 1 saturated carbocycles. The Kier molecular flexibility index (Phi) is 8.35. The van der Waals surface area contributed by atoms with Gasteiger partial charge in [-0.05, 0) is 74.7 Å². The lowest BCUT2D eigenvalue weighted by Crippen LogP contribution is -2.44. The van der Waals surface area contributed by atoms with Gasteiger partial charge in [-0.3, -0.25) is 4.79 Å². The number of halogens is 2. The molecule has 2 aromatic heterocycles. The number of carbonyl (C=O) groups is 1. The molecule has 6 nitrogen and oxygen atoms in total. The number of thiophene rings is 1. The van der Waals surface area contributed by atoms with Gasteiger partial charge in [0.25, 0.3) is 5.91 Å². The fourth-order valence-electron chi connectivity index (χ4n) is 5.41. The van der Waals surface area contributed by atoms with E-state index in [9.17, 15) is 9.18 Å². The molecule has 0 aliphatic heterocycles. The highest BCUT2D eigenvalue weighted by molar-refractivity contribution is 7.21. The van der Waals surface area contributed by atoms with E-state index in [0.29, 0.717) is 39.2 Å². The molecule has 9 heteroatoms. The second-order valence-electron chi connectivity index (χ2n) is 9.67. The van der Waals surface area contributed by atoms with Crippen LogP contribution in [0.1, 0.15) is 40.9 Å². The molecule has 4 aromatic rings. The predicted molar refractivity (Wildman–Crippen MR) is 155 cm³/mol. The monoisotopic (exact) mass is 567 g/mol. The summed E-state index contributed by atoms with van der Waals surface area (Å²) in [5.41, 5.74) is 2.61. The number of hydrogen-bond donors (Lipinski definition) is 1. The van der Waals surface area contributed by atoms with Gasteiger partial charge in [0.2, 0.25) is 5.88 Å². The van der Waals surface area contributed by atoms with Gasteiger partial charge in [0.15, 0.2) is 0 Å². The highest BCUT2D eigenvalue weighted by Crippen LogP contribution is 2.40. The van der Waals surface area contributed by atoms with E-state index in [0.717, 1.165) is 42.4 Å². The molecule has 204 valence electrons. The second kappa shape index (κ2) is 11.9. The normalized spacial score (nSPS) is 17.3. The maximum absolute atomic E-state index is 14.6. The maximum atomic E-state index is 14.6. The van der Waals surface area contributed by atoms with E-state index in [4.69, 9.17) is 21.1 Å². The first-order valence-corrected chi connectivity index (χ1v) is 14.2. The van der Waals surface area contributed by atoms with Gasteiger partial charge in [-0.15, -0.1) is 11.3 Å². The van der Waals surface area contributed by atoms with Gasteiger partial charge in [-0.25, -0.2) is 9.37 Å². The number of hydrogen-bond acceptors (Lipinski definition) is 6. The van der Waals surface area contributed by atoms with Crippen LogP contribution in [0.2, 0.25) is 5.02 Å². The van der Waals surface area contributed by atoms with Crippen molar-refractivity contribution in [3.05, 3.63) is 76.0 Å². The molecule has 39 heavy (non-hydrogen) atoms. The van der Waals surface area contributed by atoms with Crippen molar-refractivity contribution in [1.82, 2.24) is 15.2 Å². The van der Waals surface area contributed by atoms with E-state index in [1.807, 2.05) is 42.3 Å². The third kappa shape index (κ3) is 5.46. The zero-order valence-electron chi connectivity index (χ0n) is 22.2. The second-order valence-corrected chi connectivity index (χ2v) is 11.1. The van der Waals surface area contributed by atoms with Crippen LogP contribution in [0.25, 0.3) is 21.2 Å². The smallest absolute Gasteiger partial charge is 0.266 e. The zero-order valence-corrected chi connectivity index (χ0v) is 23.7.